The first-order valence-corrected chi connectivity index (χ1v) is 4.51. The van der Waals surface area contributed by atoms with Crippen molar-refractivity contribution >= 4 is 17.5 Å². The lowest BCUT2D eigenvalue weighted by atomic mass is 10.4. The molecule has 0 spiro atoms. The van der Waals surface area contributed by atoms with Gasteiger partial charge in [-0.15, -0.1) is 0 Å². The van der Waals surface area contributed by atoms with Gasteiger partial charge in [0.05, 0.1) is 6.54 Å². The number of aromatic amines is 1. The third-order valence-electron chi connectivity index (χ3n) is 1.68. The quantitative estimate of drug-likeness (QED) is 0.817. The molecule has 2 aromatic heterocycles. The van der Waals surface area contributed by atoms with Crippen LogP contribution in [0.25, 0.3) is 0 Å². The summed E-state index contributed by atoms with van der Waals surface area (Å²) in [7, 11) is 0. The highest BCUT2D eigenvalue weighted by Crippen LogP contribution is 2.12. The number of amides is 1. The molecule has 0 aliphatic carbocycles. The summed E-state index contributed by atoms with van der Waals surface area (Å²) in [6.07, 6.45) is 1.37. The van der Waals surface area contributed by atoms with E-state index in [1.54, 1.807) is 0 Å². The van der Waals surface area contributed by atoms with E-state index < -0.39 is 0 Å². The zero-order valence-electron chi connectivity index (χ0n) is 7.53. The zero-order valence-corrected chi connectivity index (χ0v) is 8.28. The van der Waals surface area contributed by atoms with Crippen molar-refractivity contribution < 1.29 is 9.21 Å². The van der Waals surface area contributed by atoms with Crippen molar-refractivity contribution in [2.45, 2.75) is 6.54 Å². The van der Waals surface area contributed by atoms with Crippen molar-refractivity contribution in [1.29, 1.82) is 0 Å². The van der Waals surface area contributed by atoms with Gasteiger partial charge in [0.15, 0.2) is 11.0 Å². The van der Waals surface area contributed by atoms with Gasteiger partial charge in [-0.3, -0.25) is 9.89 Å². The fourth-order valence-corrected chi connectivity index (χ4v) is 1.15. The van der Waals surface area contributed by atoms with E-state index in [9.17, 15) is 4.79 Å². The van der Waals surface area contributed by atoms with Crippen molar-refractivity contribution in [2.24, 2.45) is 0 Å². The number of carbonyl (C=O) groups is 1. The standard InChI is InChI=1S/C8H7ClN4O2/c9-6-2-1-5(15-6)8(14)10-3-7-11-4-12-13-7/h1-2,4H,3H2,(H,10,14)(H,11,12,13). The second-order valence-electron chi connectivity index (χ2n) is 2.72. The Labute approximate surface area is 89.6 Å². The van der Waals surface area contributed by atoms with E-state index in [1.807, 2.05) is 0 Å². The first-order chi connectivity index (χ1) is 7.25. The highest BCUT2D eigenvalue weighted by molar-refractivity contribution is 6.29. The lowest BCUT2D eigenvalue weighted by Crippen LogP contribution is -2.22. The summed E-state index contributed by atoms with van der Waals surface area (Å²) in [5, 5.41) is 9.03. The molecule has 0 bridgehead atoms. The number of aromatic nitrogens is 3. The molecule has 15 heavy (non-hydrogen) atoms. The molecule has 2 heterocycles. The van der Waals surface area contributed by atoms with Crippen LogP contribution in [0.3, 0.4) is 0 Å². The molecule has 78 valence electrons. The maximum absolute atomic E-state index is 11.4. The molecule has 0 unspecified atom stereocenters. The molecule has 6 nitrogen and oxygen atoms in total. The third-order valence-corrected chi connectivity index (χ3v) is 1.88. The lowest BCUT2D eigenvalue weighted by molar-refractivity contribution is 0.0922. The number of rotatable bonds is 3. The number of nitrogens with one attached hydrogen (secondary N) is 2. The molecule has 2 rings (SSSR count). The zero-order chi connectivity index (χ0) is 10.7. The number of halogens is 1. The second kappa shape index (κ2) is 4.14. The summed E-state index contributed by atoms with van der Waals surface area (Å²) >= 11 is 5.53. The second-order valence-corrected chi connectivity index (χ2v) is 3.09. The van der Waals surface area contributed by atoms with Crippen LogP contribution in [-0.4, -0.2) is 21.1 Å². The van der Waals surface area contributed by atoms with Gasteiger partial charge in [0.2, 0.25) is 0 Å². The van der Waals surface area contributed by atoms with Crippen LogP contribution in [0.1, 0.15) is 16.4 Å². The highest BCUT2D eigenvalue weighted by atomic mass is 35.5. The van der Waals surface area contributed by atoms with Crippen molar-refractivity contribution in [3.63, 3.8) is 0 Å². The molecule has 0 atom stereocenters. The first kappa shape index (κ1) is 9.72. The van der Waals surface area contributed by atoms with E-state index >= 15 is 0 Å². The van der Waals surface area contributed by atoms with Crippen LogP contribution >= 0.6 is 11.6 Å². The fraction of sp³-hybridized carbons (Fsp3) is 0.125. The van der Waals surface area contributed by atoms with Crippen LogP contribution < -0.4 is 5.32 Å². The predicted molar refractivity (Wildman–Crippen MR) is 51.3 cm³/mol. The SMILES string of the molecule is O=C(NCc1ncn[nH]1)c1ccc(Cl)o1. The summed E-state index contributed by atoms with van der Waals surface area (Å²) in [5.41, 5.74) is 0. The Hall–Kier alpha value is -1.82. The number of nitrogens with zero attached hydrogens (tertiary/aromatic N) is 2. The average molecular weight is 227 g/mol. The van der Waals surface area contributed by atoms with Crippen LogP contribution in [0.15, 0.2) is 22.9 Å². The van der Waals surface area contributed by atoms with Crippen molar-refractivity contribution in [1.82, 2.24) is 20.5 Å². The van der Waals surface area contributed by atoms with E-state index in [-0.39, 0.29) is 23.4 Å². The largest absolute Gasteiger partial charge is 0.440 e. The summed E-state index contributed by atoms with van der Waals surface area (Å²) in [6, 6.07) is 3.00. The van der Waals surface area contributed by atoms with E-state index in [0.717, 1.165) is 0 Å². The maximum Gasteiger partial charge on any atom is 0.287 e. The summed E-state index contributed by atoms with van der Waals surface area (Å²) in [4.78, 5) is 15.3. The van der Waals surface area contributed by atoms with Gasteiger partial charge in [-0.05, 0) is 23.7 Å². The van der Waals surface area contributed by atoms with Gasteiger partial charge in [0, 0.05) is 0 Å². The van der Waals surface area contributed by atoms with Crippen LogP contribution in [0, 0.1) is 0 Å². The van der Waals surface area contributed by atoms with E-state index in [1.165, 1.54) is 18.5 Å². The molecule has 2 aromatic rings. The van der Waals surface area contributed by atoms with Gasteiger partial charge in [-0.2, -0.15) is 5.10 Å². The molecule has 1 amide bonds. The van der Waals surface area contributed by atoms with Crippen LogP contribution in [0.5, 0.6) is 0 Å². The van der Waals surface area contributed by atoms with Gasteiger partial charge in [0.25, 0.3) is 5.91 Å². The number of carbonyl (C=O) groups excluding carboxylic acids is 1. The molecule has 0 fully saturated rings. The van der Waals surface area contributed by atoms with Gasteiger partial charge < -0.3 is 9.73 Å². The van der Waals surface area contributed by atoms with Gasteiger partial charge in [-0.1, -0.05) is 0 Å². The molecule has 7 heteroatoms. The first-order valence-electron chi connectivity index (χ1n) is 4.13. The number of furan rings is 1. The van der Waals surface area contributed by atoms with Gasteiger partial charge in [-0.25, -0.2) is 4.98 Å². The van der Waals surface area contributed by atoms with Gasteiger partial charge in [0.1, 0.15) is 12.2 Å². The van der Waals surface area contributed by atoms with Gasteiger partial charge >= 0.3 is 0 Å². The molecule has 2 N–H and O–H groups in total. The van der Waals surface area contributed by atoms with Crippen molar-refractivity contribution in [3.8, 4) is 0 Å². The minimum Gasteiger partial charge on any atom is -0.440 e. The molecular formula is C8H7ClN4O2. The van der Waals surface area contributed by atoms with E-state index in [2.05, 4.69) is 20.5 Å². The topological polar surface area (TPSA) is 83.8 Å². The summed E-state index contributed by atoms with van der Waals surface area (Å²) in [5.74, 6) is 0.388. The van der Waals surface area contributed by atoms with E-state index in [0.29, 0.717) is 5.82 Å². The molecular weight excluding hydrogens is 220 g/mol. The lowest BCUT2D eigenvalue weighted by Gasteiger charge is -1.98. The Kier molecular flexibility index (Phi) is 2.68. The Morgan fingerprint density at radius 2 is 2.47 bits per heavy atom. The molecule has 0 radical (unpaired) electrons. The maximum atomic E-state index is 11.4. The van der Waals surface area contributed by atoms with Crippen LogP contribution in [0.2, 0.25) is 5.22 Å². The Morgan fingerprint density at radius 3 is 3.07 bits per heavy atom. The fourth-order valence-electron chi connectivity index (χ4n) is 1.00. The number of hydrogen-bond acceptors (Lipinski definition) is 4. The summed E-state index contributed by atoms with van der Waals surface area (Å²) in [6.45, 7) is 0.261. The highest BCUT2D eigenvalue weighted by Gasteiger charge is 2.10. The van der Waals surface area contributed by atoms with Crippen LogP contribution in [-0.2, 0) is 6.54 Å². The predicted octanol–water partition coefficient (Wildman–Crippen LogP) is 0.981. The Morgan fingerprint density at radius 1 is 1.60 bits per heavy atom. The smallest absolute Gasteiger partial charge is 0.287 e. The average Bonchev–Trinajstić information content (AvgIpc) is 2.84. The molecule has 0 aliphatic rings. The monoisotopic (exact) mass is 226 g/mol. The summed E-state index contributed by atoms with van der Waals surface area (Å²) < 4.78 is 4.92. The minimum absolute atomic E-state index is 0.166. The minimum atomic E-state index is -0.349. The molecule has 0 aromatic carbocycles. The third kappa shape index (κ3) is 2.35. The molecule has 0 aliphatic heterocycles. The molecule has 0 saturated heterocycles. The molecule has 0 saturated carbocycles. The Bertz CT molecular complexity index is 451. The van der Waals surface area contributed by atoms with Crippen molar-refractivity contribution in [2.75, 3.05) is 0 Å². The number of H-pyrrole nitrogens is 1. The normalized spacial score (nSPS) is 10.2. The number of hydrogen-bond donors (Lipinski definition) is 2. The van der Waals surface area contributed by atoms with E-state index in [4.69, 9.17) is 16.0 Å². The van der Waals surface area contributed by atoms with Crippen LogP contribution in [0.4, 0.5) is 0 Å². The Balaban J connectivity index is 1.93. The van der Waals surface area contributed by atoms with Crippen molar-refractivity contribution in [3.05, 3.63) is 35.3 Å².